The molecule has 2 N–H and O–H groups in total. The van der Waals surface area contributed by atoms with Crippen LogP contribution in [-0.2, 0) is 4.74 Å². The Morgan fingerprint density at radius 3 is 2.78 bits per heavy atom. The first-order chi connectivity index (χ1) is 8.83. The quantitative estimate of drug-likeness (QED) is 0.601. The summed E-state index contributed by atoms with van der Waals surface area (Å²) in [4.78, 5) is 0. The normalized spacial score (nSPS) is 19.0. The second-order valence-corrected chi connectivity index (χ2v) is 6.14. The smallest absolute Gasteiger partial charge is 0.0897 e. The van der Waals surface area contributed by atoms with E-state index in [4.69, 9.17) is 4.74 Å². The van der Waals surface area contributed by atoms with Gasteiger partial charge in [-0.2, -0.15) is 11.8 Å². The lowest BCUT2D eigenvalue weighted by Crippen LogP contribution is -2.33. The molecule has 108 valence electrons. The summed E-state index contributed by atoms with van der Waals surface area (Å²) in [6, 6.07) is 0. The average molecular weight is 275 g/mol. The molecule has 18 heavy (non-hydrogen) atoms. The van der Waals surface area contributed by atoms with Crippen molar-refractivity contribution in [2.24, 2.45) is 0 Å². The molecule has 0 amide bonds. The SMILES string of the molecule is CSCCCCNCC(O)COC1CCCCC1. The van der Waals surface area contributed by atoms with Crippen molar-refractivity contribution in [2.75, 3.05) is 31.7 Å². The Morgan fingerprint density at radius 2 is 2.06 bits per heavy atom. The predicted molar refractivity (Wildman–Crippen MR) is 79.3 cm³/mol. The number of unbranched alkanes of at least 4 members (excludes halogenated alkanes) is 1. The summed E-state index contributed by atoms with van der Waals surface area (Å²) in [5.74, 6) is 1.23. The van der Waals surface area contributed by atoms with Gasteiger partial charge in [-0.3, -0.25) is 0 Å². The van der Waals surface area contributed by atoms with Crippen LogP contribution in [0, 0.1) is 0 Å². The van der Waals surface area contributed by atoms with Crippen LogP contribution in [0.15, 0.2) is 0 Å². The van der Waals surface area contributed by atoms with Gasteiger partial charge in [-0.15, -0.1) is 0 Å². The first kappa shape index (κ1) is 16.3. The minimum atomic E-state index is -0.354. The lowest BCUT2D eigenvalue weighted by molar-refractivity contribution is -0.0229. The maximum Gasteiger partial charge on any atom is 0.0897 e. The van der Waals surface area contributed by atoms with E-state index in [1.54, 1.807) is 0 Å². The maximum atomic E-state index is 9.79. The predicted octanol–water partition coefficient (Wildman–Crippen LogP) is 2.43. The zero-order valence-electron chi connectivity index (χ0n) is 11.7. The molecule has 0 spiro atoms. The molecular weight excluding hydrogens is 246 g/mol. The van der Waals surface area contributed by atoms with E-state index in [2.05, 4.69) is 11.6 Å². The molecule has 0 aromatic carbocycles. The molecule has 0 radical (unpaired) electrons. The lowest BCUT2D eigenvalue weighted by atomic mass is 9.98. The third-order valence-corrected chi connectivity index (χ3v) is 4.11. The third kappa shape index (κ3) is 8.35. The molecule has 4 heteroatoms. The molecular formula is C14H29NO2S. The van der Waals surface area contributed by atoms with Gasteiger partial charge in [-0.1, -0.05) is 19.3 Å². The fourth-order valence-corrected chi connectivity index (χ4v) is 2.80. The summed E-state index contributed by atoms with van der Waals surface area (Å²) in [6.07, 6.45) is 10.9. The van der Waals surface area contributed by atoms with Crippen molar-refractivity contribution in [2.45, 2.75) is 57.2 Å². The Labute approximate surface area is 116 Å². The van der Waals surface area contributed by atoms with Crippen LogP contribution < -0.4 is 5.32 Å². The number of thioether (sulfide) groups is 1. The van der Waals surface area contributed by atoms with Crippen molar-refractivity contribution in [1.82, 2.24) is 5.32 Å². The molecule has 0 bridgehead atoms. The first-order valence-corrected chi connectivity index (χ1v) is 8.71. The molecule has 1 fully saturated rings. The van der Waals surface area contributed by atoms with Crippen molar-refractivity contribution >= 4 is 11.8 Å². The van der Waals surface area contributed by atoms with Crippen molar-refractivity contribution in [3.63, 3.8) is 0 Å². The number of hydrogen-bond donors (Lipinski definition) is 2. The van der Waals surface area contributed by atoms with Gasteiger partial charge in [0.05, 0.1) is 18.8 Å². The minimum absolute atomic E-state index is 0.354. The highest BCUT2D eigenvalue weighted by Gasteiger charge is 2.15. The second kappa shape index (κ2) is 11.1. The van der Waals surface area contributed by atoms with Gasteiger partial charge >= 0.3 is 0 Å². The number of rotatable bonds is 10. The fraction of sp³-hybridized carbons (Fsp3) is 1.00. The molecule has 1 atom stereocenters. The van der Waals surface area contributed by atoms with Crippen molar-refractivity contribution < 1.29 is 9.84 Å². The summed E-state index contributed by atoms with van der Waals surface area (Å²) in [5.41, 5.74) is 0. The topological polar surface area (TPSA) is 41.5 Å². The van der Waals surface area contributed by atoms with E-state index >= 15 is 0 Å². The van der Waals surface area contributed by atoms with Crippen LogP contribution in [-0.4, -0.2) is 49.0 Å². The molecule has 0 aromatic rings. The zero-order valence-corrected chi connectivity index (χ0v) is 12.5. The molecule has 1 aliphatic rings. The molecule has 1 aliphatic carbocycles. The summed E-state index contributed by atoms with van der Waals surface area (Å²) in [6.45, 7) is 2.15. The summed E-state index contributed by atoms with van der Waals surface area (Å²) in [5, 5.41) is 13.1. The van der Waals surface area contributed by atoms with Gasteiger partial charge < -0.3 is 15.2 Å². The molecule has 0 heterocycles. The van der Waals surface area contributed by atoms with Crippen molar-refractivity contribution in [3.05, 3.63) is 0 Å². The van der Waals surface area contributed by atoms with Gasteiger partial charge in [-0.05, 0) is 44.2 Å². The zero-order chi connectivity index (χ0) is 13.1. The van der Waals surface area contributed by atoms with E-state index in [9.17, 15) is 5.11 Å². The van der Waals surface area contributed by atoms with Crippen LogP contribution in [0.3, 0.4) is 0 Å². The highest BCUT2D eigenvalue weighted by atomic mass is 32.2. The average Bonchev–Trinajstić information content (AvgIpc) is 2.41. The lowest BCUT2D eigenvalue weighted by Gasteiger charge is -2.23. The third-order valence-electron chi connectivity index (χ3n) is 3.41. The Bertz CT molecular complexity index is 187. The summed E-state index contributed by atoms with van der Waals surface area (Å²) in [7, 11) is 0. The van der Waals surface area contributed by atoms with Gasteiger partial charge in [0.1, 0.15) is 0 Å². The van der Waals surface area contributed by atoms with Crippen LogP contribution >= 0.6 is 11.8 Å². The monoisotopic (exact) mass is 275 g/mol. The van der Waals surface area contributed by atoms with Gasteiger partial charge in [0.15, 0.2) is 0 Å². The van der Waals surface area contributed by atoms with E-state index in [0.717, 1.165) is 6.54 Å². The first-order valence-electron chi connectivity index (χ1n) is 7.32. The number of aliphatic hydroxyl groups is 1. The summed E-state index contributed by atoms with van der Waals surface area (Å²) < 4.78 is 5.75. The van der Waals surface area contributed by atoms with Crippen LogP contribution in [0.2, 0.25) is 0 Å². The van der Waals surface area contributed by atoms with E-state index in [0.29, 0.717) is 19.3 Å². The largest absolute Gasteiger partial charge is 0.389 e. The second-order valence-electron chi connectivity index (χ2n) is 5.15. The van der Waals surface area contributed by atoms with Gasteiger partial charge in [0.25, 0.3) is 0 Å². The minimum Gasteiger partial charge on any atom is -0.389 e. The number of hydrogen-bond acceptors (Lipinski definition) is 4. The molecule has 0 saturated heterocycles. The Morgan fingerprint density at radius 1 is 1.28 bits per heavy atom. The van der Waals surface area contributed by atoms with Crippen LogP contribution in [0.1, 0.15) is 44.9 Å². The highest BCUT2D eigenvalue weighted by molar-refractivity contribution is 7.98. The standard InChI is InChI=1S/C14H29NO2S/c1-18-10-6-5-9-15-11-13(16)12-17-14-7-3-2-4-8-14/h13-16H,2-12H2,1H3. The van der Waals surface area contributed by atoms with Crippen LogP contribution in [0.25, 0.3) is 0 Å². The Hall–Kier alpha value is 0.230. The molecule has 1 rings (SSSR count). The van der Waals surface area contributed by atoms with E-state index in [-0.39, 0.29) is 6.10 Å². The number of ether oxygens (including phenoxy) is 1. The summed E-state index contributed by atoms with van der Waals surface area (Å²) >= 11 is 1.89. The fourth-order valence-electron chi connectivity index (χ4n) is 2.30. The maximum absolute atomic E-state index is 9.79. The molecule has 0 aromatic heterocycles. The van der Waals surface area contributed by atoms with E-state index < -0.39 is 0 Å². The molecule has 1 unspecified atom stereocenters. The van der Waals surface area contributed by atoms with E-state index in [1.807, 2.05) is 11.8 Å². The Kier molecular flexibility index (Phi) is 10.0. The molecule has 3 nitrogen and oxygen atoms in total. The van der Waals surface area contributed by atoms with Gasteiger partial charge in [0.2, 0.25) is 0 Å². The van der Waals surface area contributed by atoms with Crippen LogP contribution in [0.4, 0.5) is 0 Å². The Balaban J connectivity index is 1.88. The molecule has 1 saturated carbocycles. The van der Waals surface area contributed by atoms with Crippen molar-refractivity contribution in [3.8, 4) is 0 Å². The van der Waals surface area contributed by atoms with Gasteiger partial charge in [-0.25, -0.2) is 0 Å². The number of nitrogens with one attached hydrogen (secondary N) is 1. The highest BCUT2D eigenvalue weighted by Crippen LogP contribution is 2.20. The van der Waals surface area contributed by atoms with E-state index in [1.165, 1.54) is 50.7 Å². The molecule has 0 aliphatic heterocycles. The number of aliphatic hydroxyl groups excluding tert-OH is 1. The van der Waals surface area contributed by atoms with Crippen molar-refractivity contribution in [1.29, 1.82) is 0 Å². The van der Waals surface area contributed by atoms with Gasteiger partial charge in [0, 0.05) is 6.54 Å². The van der Waals surface area contributed by atoms with Crippen LogP contribution in [0.5, 0.6) is 0 Å².